The molecule has 10 heteroatoms. The Labute approximate surface area is 172 Å². The van der Waals surface area contributed by atoms with Gasteiger partial charge >= 0.3 is 0 Å². The smallest absolute Gasteiger partial charge is 0.225 e. The van der Waals surface area contributed by atoms with Crippen LogP contribution >= 0.6 is 0 Å². The molecule has 1 aliphatic rings. The molecule has 0 bridgehead atoms. The number of nitrogens with one attached hydrogen (secondary N) is 1. The first-order valence-electron chi connectivity index (χ1n) is 10.0. The van der Waals surface area contributed by atoms with Crippen molar-refractivity contribution in [2.45, 2.75) is 37.9 Å². The molecule has 3 heterocycles. The van der Waals surface area contributed by atoms with Gasteiger partial charge in [0.05, 0.1) is 31.2 Å². The highest BCUT2D eigenvalue weighted by atomic mass is 16.3. The molecule has 0 spiro atoms. The minimum Gasteiger partial charge on any atom is -0.394 e. The summed E-state index contributed by atoms with van der Waals surface area (Å²) in [5.41, 5.74) is 10.2. The second kappa shape index (κ2) is 7.81. The zero-order valence-electron chi connectivity index (χ0n) is 16.4. The normalized spacial score (nSPS) is 18.9. The van der Waals surface area contributed by atoms with Crippen molar-refractivity contribution in [1.29, 1.82) is 0 Å². The van der Waals surface area contributed by atoms with Crippen LogP contribution in [0.1, 0.15) is 19.3 Å². The second-order valence-corrected chi connectivity index (χ2v) is 7.58. The molecule has 4 N–H and O–H groups in total. The van der Waals surface area contributed by atoms with Crippen molar-refractivity contribution in [2.75, 3.05) is 11.9 Å². The first-order chi connectivity index (χ1) is 14.7. The van der Waals surface area contributed by atoms with Crippen LogP contribution in [0.3, 0.4) is 0 Å². The largest absolute Gasteiger partial charge is 0.394 e. The number of nitrogens with zero attached hydrogens (tertiary/aromatic N) is 7. The highest BCUT2D eigenvalue weighted by Gasteiger charge is 2.22. The van der Waals surface area contributed by atoms with Gasteiger partial charge in [-0.05, 0) is 37.0 Å². The van der Waals surface area contributed by atoms with E-state index in [9.17, 15) is 0 Å². The predicted octanol–water partition coefficient (Wildman–Crippen LogP) is 1.36. The van der Waals surface area contributed by atoms with Crippen molar-refractivity contribution in [1.82, 2.24) is 34.7 Å². The fourth-order valence-electron chi connectivity index (χ4n) is 3.83. The van der Waals surface area contributed by atoms with Gasteiger partial charge in [0.2, 0.25) is 5.95 Å². The first-order valence-corrected chi connectivity index (χ1v) is 10.0. The number of aliphatic hydroxyl groups is 1. The van der Waals surface area contributed by atoms with Crippen molar-refractivity contribution in [2.24, 2.45) is 5.73 Å². The van der Waals surface area contributed by atoms with E-state index in [4.69, 9.17) is 10.8 Å². The third-order valence-electron chi connectivity index (χ3n) is 5.41. The van der Waals surface area contributed by atoms with Crippen LogP contribution in [0.5, 0.6) is 0 Å². The van der Waals surface area contributed by atoms with Crippen LogP contribution in [0.4, 0.5) is 5.95 Å². The third-order valence-corrected chi connectivity index (χ3v) is 5.41. The molecule has 10 nitrogen and oxygen atoms in total. The molecule has 30 heavy (non-hydrogen) atoms. The van der Waals surface area contributed by atoms with Gasteiger partial charge in [0.1, 0.15) is 0 Å². The van der Waals surface area contributed by atoms with Crippen molar-refractivity contribution < 1.29 is 5.11 Å². The minimum absolute atomic E-state index is 0.0612. The van der Waals surface area contributed by atoms with Gasteiger partial charge in [-0.2, -0.15) is 14.8 Å². The number of aliphatic hydroxyl groups excluding tert-OH is 1. The Morgan fingerprint density at radius 2 is 2.00 bits per heavy atom. The Morgan fingerprint density at radius 1 is 1.13 bits per heavy atom. The van der Waals surface area contributed by atoms with Gasteiger partial charge < -0.3 is 16.2 Å². The number of nitrogens with two attached hydrogens (primary N) is 1. The number of hydrogen-bond donors (Lipinski definition) is 3. The lowest BCUT2D eigenvalue weighted by atomic mass is 10.1. The summed E-state index contributed by atoms with van der Waals surface area (Å²) in [6, 6.07) is 8.49. The van der Waals surface area contributed by atoms with E-state index in [1.807, 2.05) is 30.5 Å². The van der Waals surface area contributed by atoms with Crippen LogP contribution in [-0.2, 0) is 6.54 Å². The van der Waals surface area contributed by atoms with Crippen molar-refractivity contribution in [3.8, 4) is 16.8 Å². The van der Waals surface area contributed by atoms with Gasteiger partial charge in [-0.15, -0.1) is 5.10 Å². The maximum Gasteiger partial charge on any atom is 0.225 e. The monoisotopic (exact) mass is 405 g/mol. The number of fused-ring (bicyclic) bond motifs is 1. The Balaban J connectivity index is 1.40. The Morgan fingerprint density at radius 3 is 2.77 bits per heavy atom. The molecule has 0 saturated heterocycles. The lowest BCUT2D eigenvalue weighted by Crippen LogP contribution is -2.21. The molecule has 1 saturated carbocycles. The van der Waals surface area contributed by atoms with Gasteiger partial charge in [0.25, 0.3) is 0 Å². The fourth-order valence-corrected chi connectivity index (χ4v) is 3.83. The summed E-state index contributed by atoms with van der Waals surface area (Å²) in [6.07, 6.45) is 8.36. The summed E-state index contributed by atoms with van der Waals surface area (Å²) in [5, 5.41) is 25.1. The molecule has 0 radical (unpaired) electrons. The van der Waals surface area contributed by atoms with E-state index in [2.05, 4.69) is 30.7 Å². The van der Waals surface area contributed by atoms with Gasteiger partial charge in [0.15, 0.2) is 11.2 Å². The van der Waals surface area contributed by atoms with Crippen molar-refractivity contribution in [3.05, 3.63) is 42.9 Å². The van der Waals surface area contributed by atoms with Crippen LogP contribution in [0.15, 0.2) is 42.9 Å². The quantitative estimate of drug-likeness (QED) is 0.438. The maximum atomic E-state index is 9.04. The molecule has 1 fully saturated rings. The standard InChI is InChI=1S/C20H23N9O/c21-15-3-4-16(9-15)24-20-22-11-18-19(25-20)29(27-26-18)17-5-1-13(2-6-17)14-10-23-28(12-14)7-8-30/h1-2,5-6,10-12,15-16,30H,3-4,7-9,21H2,(H,22,24,25)/t15-,16-/m1/s1. The zero-order chi connectivity index (χ0) is 20.5. The second-order valence-electron chi connectivity index (χ2n) is 7.58. The minimum atomic E-state index is 0.0612. The van der Waals surface area contributed by atoms with Crippen LogP contribution in [-0.4, -0.2) is 58.5 Å². The van der Waals surface area contributed by atoms with Crippen LogP contribution in [0, 0.1) is 0 Å². The van der Waals surface area contributed by atoms with E-state index in [-0.39, 0.29) is 12.6 Å². The van der Waals surface area contributed by atoms with E-state index in [0.29, 0.717) is 29.7 Å². The first kappa shape index (κ1) is 18.6. The maximum absolute atomic E-state index is 9.04. The van der Waals surface area contributed by atoms with Crippen LogP contribution < -0.4 is 11.1 Å². The van der Waals surface area contributed by atoms with E-state index >= 15 is 0 Å². The average Bonchev–Trinajstić information content (AvgIpc) is 3.49. The van der Waals surface area contributed by atoms with Crippen molar-refractivity contribution >= 4 is 17.1 Å². The van der Waals surface area contributed by atoms with Crippen LogP contribution in [0.2, 0.25) is 0 Å². The zero-order valence-corrected chi connectivity index (χ0v) is 16.4. The summed E-state index contributed by atoms with van der Waals surface area (Å²) >= 11 is 0. The van der Waals surface area contributed by atoms with Crippen LogP contribution in [0.25, 0.3) is 28.0 Å². The lowest BCUT2D eigenvalue weighted by molar-refractivity contribution is 0.269. The molecule has 0 unspecified atom stereocenters. The molecular formula is C20H23N9O. The molecule has 1 aliphatic carbocycles. The summed E-state index contributed by atoms with van der Waals surface area (Å²) < 4.78 is 3.43. The number of benzene rings is 1. The highest BCUT2D eigenvalue weighted by Crippen LogP contribution is 2.23. The molecule has 154 valence electrons. The molecule has 1 aromatic carbocycles. The SMILES string of the molecule is N[C@@H]1CC[C@@H](Nc2ncc3nnn(-c4ccc(-c5cnn(CCO)c5)cc4)c3n2)C1. The number of aromatic nitrogens is 7. The third kappa shape index (κ3) is 3.62. The van der Waals surface area contributed by atoms with Crippen molar-refractivity contribution in [3.63, 3.8) is 0 Å². The summed E-state index contributed by atoms with van der Waals surface area (Å²) in [7, 11) is 0. The molecule has 3 aromatic heterocycles. The number of hydrogen-bond acceptors (Lipinski definition) is 8. The molecule has 0 aliphatic heterocycles. The van der Waals surface area contributed by atoms with E-state index < -0.39 is 0 Å². The highest BCUT2D eigenvalue weighted by molar-refractivity contribution is 5.72. The van der Waals surface area contributed by atoms with Gasteiger partial charge in [-0.3, -0.25) is 4.68 Å². The Hall–Kier alpha value is -3.37. The Kier molecular flexibility index (Phi) is 4.85. The topological polar surface area (TPSA) is 133 Å². The summed E-state index contributed by atoms with van der Waals surface area (Å²) in [5.74, 6) is 0.568. The molecule has 2 atom stereocenters. The fraction of sp³-hybridized carbons (Fsp3) is 0.350. The van der Waals surface area contributed by atoms with E-state index in [1.165, 1.54) is 0 Å². The van der Waals surface area contributed by atoms with Gasteiger partial charge in [-0.1, -0.05) is 17.3 Å². The van der Waals surface area contributed by atoms with Gasteiger partial charge in [0, 0.05) is 23.8 Å². The summed E-state index contributed by atoms with van der Waals surface area (Å²) in [6.45, 7) is 0.539. The number of rotatable bonds is 6. The molecular weight excluding hydrogens is 382 g/mol. The predicted molar refractivity (Wildman–Crippen MR) is 112 cm³/mol. The Bertz CT molecular complexity index is 1150. The molecule has 4 aromatic rings. The van der Waals surface area contributed by atoms with Gasteiger partial charge in [-0.25, -0.2) is 4.98 Å². The van der Waals surface area contributed by atoms with E-state index in [0.717, 1.165) is 36.1 Å². The van der Waals surface area contributed by atoms with E-state index in [1.54, 1.807) is 21.8 Å². The molecule has 5 rings (SSSR count). The number of anilines is 1. The average molecular weight is 405 g/mol. The molecule has 0 amide bonds. The summed E-state index contributed by atoms with van der Waals surface area (Å²) in [4.78, 5) is 9.01. The lowest BCUT2D eigenvalue weighted by Gasteiger charge is -2.12.